The van der Waals surface area contributed by atoms with Gasteiger partial charge in [0.15, 0.2) is 17.3 Å². The number of rotatable bonds is 1. The van der Waals surface area contributed by atoms with Gasteiger partial charge >= 0.3 is 0 Å². The van der Waals surface area contributed by atoms with E-state index in [1.807, 2.05) is 12.1 Å². The van der Waals surface area contributed by atoms with Gasteiger partial charge in [-0.05, 0) is 36.7 Å². The predicted octanol–water partition coefficient (Wildman–Crippen LogP) is 1.25. The molecule has 0 saturated heterocycles. The first-order chi connectivity index (χ1) is 11.5. The van der Waals surface area contributed by atoms with E-state index in [-0.39, 0.29) is 29.0 Å². The van der Waals surface area contributed by atoms with E-state index < -0.39 is 23.5 Å². The molecule has 4 rings (SSSR count). The van der Waals surface area contributed by atoms with Gasteiger partial charge < -0.3 is 5.73 Å². The highest BCUT2D eigenvalue weighted by molar-refractivity contribution is 6.27. The molecular formula is C19H17NO4. The van der Waals surface area contributed by atoms with Crippen LogP contribution >= 0.6 is 0 Å². The second-order valence-electron chi connectivity index (χ2n) is 6.92. The molecule has 0 radical (unpaired) electrons. The zero-order valence-corrected chi connectivity index (χ0v) is 13.0. The Morgan fingerprint density at radius 3 is 2.46 bits per heavy atom. The van der Waals surface area contributed by atoms with Crippen LogP contribution < -0.4 is 5.73 Å². The van der Waals surface area contributed by atoms with Gasteiger partial charge in [-0.1, -0.05) is 30.3 Å². The molecule has 0 aliphatic heterocycles. The molecule has 0 spiro atoms. The molecule has 1 aromatic carbocycles. The van der Waals surface area contributed by atoms with E-state index in [4.69, 9.17) is 5.73 Å². The van der Waals surface area contributed by atoms with E-state index in [2.05, 4.69) is 0 Å². The lowest BCUT2D eigenvalue weighted by Crippen LogP contribution is -2.51. The molecule has 1 fully saturated rings. The second-order valence-corrected chi connectivity index (χ2v) is 6.92. The molecule has 3 aliphatic rings. The fourth-order valence-corrected chi connectivity index (χ4v) is 4.59. The molecule has 1 saturated carbocycles. The van der Waals surface area contributed by atoms with Crippen LogP contribution in [0.2, 0.25) is 0 Å². The molecule has 1 aromatic rings. The van der Waals surface area contributed by atoms with Crippen molar-refractivity contribution in [3.63, 3.8) is 0 Å². The van der Waals surface area contributed by atoms with E-state index in [0.717, 1.165) is 5.56 Å². The van der Waals surface area contributed by atoms with Gasteiger partial charge in [0.25, 0.3) is 5.91 Å². The van der Waals surface area contributed by atoms with Crippen LogP contribution in [0.15, 0.2) is 35.9 Å². The summed E-state index contributed by atoms with van der Waals surface area (Å²) in [6.07, 6.45) is 3.37. The minimum absolute atomic E-state index is 0.0579. The average Bonchev–Trinajstić information content (AvgIpc) is 2.54. The number of amides is 1. The zero-order valence-electron chi connectivity index (χ0n) is 13.0. The minimum Gasteiger partial charge on any atom is -0.365 e. The maximum absolute atomic E-state index is 13.0. The van der Waals surface area contributed by atoms with Crippen LogP contribution in [0.5, 0.6) is 0 Å². The van der Waals surface area contributed by atoms with Crippen LogP contribution in [0.25, 0.3) is 0 Å². The SMILES string of the molecule is NC(=O)C1=CCC2CC3Cc4ccccc4C(=O)C3C(=O)C2C1=O. The quantitative estimate of drug-likeness (QED) is 0.621. The first kappa shape index (κ1) is 15.0. The van der Waals surface area contributed by atoms with Crippen LogP contribution in [-0.2, 0) is 20.8 Å². The van der Waals surface area contributed by atoms with Crippen molar-refractivity contribution in [2.24, 2.45) is 29.4 Å². The number of allylic oxidation sites excluding steroid dienone is 1. The van der Waals surface area contributed by atoms with E-state index in [9.17, 15) is 19.2 Å². The number of nitrogens with two attached hydrogens (primary N) is 1. The molecule has 122 valence electrons. The van der Waals surface area contributed by atoms with Crippen LogP contribution in [0.3, 0.4) is 0 Å². The topological polar surface area (TPSA) is 94.3 Å². The number of carbonyl (C=O) groups is 4. The fourth-order valence-electron chi connectivity index (χ4n) is 4.59. The van der Waals surface area contributed by atoms with Gasteiger partial charge in [-0.2, -0.15) is 0 Å². The summed E-state index contributed by atoms with van der Waals surface area (Å²) < 4.78 is 0. The fraction of sp³-hybridized carbons (Fsp3) is 0.368. The van der Waals surface area contributed by atoms with Gasteiger partial charge in [-0.3, -0.25) is 19.2 Å². The lowest BCUT2D eigenvalue weighted by molar-refractivity contribution is -0.140. The molecule has 0 aromatic heterocycles. The van der Waals surface area contributed by atoms with Crippen molar-refractivity contribution < 1.29 is 19.2 Å². The average molecular weight is 323 g/mol. The number of carbonyl (C=O) groups excluding carboxylic acids is 4. The number of fused-ring (bicyclic) bond motifs is 3. The number of Topliss-reactive ketones (excluding diaryl/α,β-unsaturated/α-hetero) is 3. The second kappa shape index (κ2) is 5.23. The van der Waals surface area contributed by atoms with Crippen LogP contribution in [-0.4, -0.2) is 23.3 Å². The predicted molar refractivity (Wildman–Crippen MR) is 85.0 cm³/mol. The number of benzene rings is 1. The Balaban J connectivity index is 1.73. The lowest BCUT2D eigenvalue weighted by Gasteiger charge is -2.42. The highest BCUT2D eigenvalue weighted by Gasteiger charge is 2.53. The number of ketones is 3. The van der Waals surface area contributed by atoms with Crippen molar-refractivity contribution in [1.29, 1.82) is 0 Å². The van der Waals surface area contributed by atoms with Gasteiger partial charge in [-0.15, -0.1) is 0 Å². The number of primary amides is 1. The van der Waals surface area contributed by atoms with Crippen molar-refractivity contribution in [1.82, 2.24) is 0 Å². The third kappa shape index (κ3) is 2.00. The monoisotopic (exact) mass is 323 g/mol. The summed E-state index contributed by atoms with van der Waals surface area (Å²) >= 11 is 0. The molecule has 3 aliphatic carbocycles. The van der Waals surface area contributed by atoms with Gasteiger partial charge in [0.1, 0.15) is 0 Å². The van der Waals surface area contributed by atoms with Gasteiger partial charge in [-0.25, -0.2) is 0 Å². The Morgan fingerprint density at radius 1 is 1.00 bits per heavy atom. The van der Waals surface area contributed by atoms with Crippen LogP contribution in [0.1, 0.15) is 28.8 Å². The van der Waals surface area contributed by atoms with Crippen LogP contribution in [0, 0.1) is 23.7 Å². The standard InChI is InChI=1S/C19H17NO4/c20-19(24)13-6-5-10-8-11-7-9-3-1-2-4-12(9)16(21)15(11)18(23)14(10)17(13)22/h1-4,6,10-11,14-15H,5,7-8H2,(H2,20,24). The lowest BCUT2D eigenvalue weighted by atomic mass is 9.58. The molecule has 5 nitrogen and oxygen atoms in total. The summed E-state index contributed by atoms with van der Waals surface area (Å²) in [5, 5.41) is 0. The van der Waals surface area contributed by atoms with Crippen LogP contribution in [0.4, 0.5) is 0 Å². The van der Waals surface area contributed by atoms with Crippen molar-refractivity contribution >= 4 is 23.3 Å². The van der Waals surface area contributed by atoms with Gasteiger partial charge in [0.2, 0.25) is 0 Å². The van der Waals surface area contributed by atoms with Gasteiger partial charge in [0, 0.05) is 5.56 Å². The van der Waals surface area contributed by atoms with Crippen molar-refractivity contribution in [3.8, 4) is 0 Å². The Morgan fingerprint density at radius 2 is 1.71 bits per heavy atom. The Bertz CT molecular complexity index is 822. The number of hydrogen-bond donors (Lipinski definition) is 1. The summed E-state index contributed by atoms with van der Waals surface area (Å²) in [5.41, 5.74) is 6.71. The Kier molecular flexibility index (Phi) is 3.27. The van der Waals surface area contributed by atoms with Crippen molar-refractivity contribution in [3.05, 3.63) is 47.0 Å². The molecular weight excluding hydrogens is 306 g/mol. The molecule has 4 atom stereocenters. The largest absolute Gasteiger partial charge is 0.365 e. The normalized spacial score (nSPS) is 31.7. The smallest absolute Gasteiger partial charge is 0.252 e. The first-order valence-corrected chi connectivity index (χ1v) is 8.19. The maximum atomic E-state index is 13.0. The van der Waals surface area contributed by atoms with Gasteiger partial charge in [0.05, 0.1) is 17.4 Å². The molecule has 4 unspecified atom stereocenters. The maximum Gasteiger partial charge on any atom is 0.252 e. The van der Waals surface area contributed by atoms with E-state index >= 15 is 0 Å². The molecule has 1 amide bonds. The molecule has 0 bridgehead atoms. The summed E-state index contributed by atoms with van der Waals surface area (Å²) in [5.74, 6) is -3.67. The third-order valence-electron chi connectivity index (χ3n) is 5.65. The summed E-state index contributed by atoms with van der Waals surface area (Å²) in [7, 11) is 0. The van der Waals surface area contributed by atoms with Crippen molar-refractivity contribution in [2.75, 3.05) is 0 Å². The van der Waals surface area contributed by atoms with Crippen molar-refractivity contribution in [2.45, 2.75) is 19.3 Å². The molecule has 2 N–H and O–H groups in total. The first-order valence-electron chi connectivity index (χ1n) is 8.19. The molecule has 5 heteroatoms. The molecule has 0 heterocycles. The Labute approximate surface area is 138 Å². The summed E-state index contributed by atoms with van der Waals surface area (Å²) in [6, 6.07) is 7.35. The third-order valence-corrected chi connectivity index (χ3v) is 5.65. The highest BCUT2D eigenvalue weighted by Crippen LogP contribution is 2.46. The van der Waals surface area contributed by atoms with E-state index in [0.29, 0.717) is 24.8 Å². The molecule has 24 heavy (non-hydrogen) atoms. The summed E-state index contributed by atoms with van der Waals surface area (Å²) in [6.45, 7) is 0. The van der Waals surface area contributed by atoms with E-state index in [1.165, 1.54) is 0 Å². The Hall–Kier alpha value is -2.56. The number of hydrogen-bond acceptors (Lipinski definition) is 4. The zero-order chi connectivity index (χ0) is 17.0. The summed E-state index contributed by atoms with van der Waals surface area (Å²) in [4.78, 5) is 49.7. The minimum atomic E-state index is -0.895. The van der Waals surface area contributed by atoms with E-state index in [1.54, 1.807) is 18.2 Å². The highest BCUT2D eigenvalue weighted by atomic mass is 16.2.